The number of nitrogens with zero attached hydrogens (tertiary/aromatic N) is 1. The van der Waals surface area contributed by atoms with Crippen LogP contribution in [0.4, 0.5) is 0 Å². The van der Waals surface area contributed by atoms with Crippen molar-refractivity contribution in [2.75, 3.05) is 32.7 Å². The van der Waals surface area contributed by atoms with Crippen molar-refractivity contribution in [3.05, 3.63) is 12.2 Å². The Labute approximate surface area is 97.9 Å². The number of nitrogens with two attached hydrogens (primary N) is 1. The molecule has 0 bridgehead atoms. The summed E-state index contributed by atoms with van der Waals surface area (Å²) in [5.74, 6) is 0.275. The molecule has 1 aliphatic rings. The number of carbonyl (C=O) groups is 1. The van der Waals surface area contributed by atoms with Crippen molar-refractivity contribution < 1.29 is 4.79 Å². The van der Waals surface area contributed by atoms with Crippen LogP contribution in [0.3, 0.4) is 0 Å². The number of likely N-dealkylation sites (tertiary alicyclic amines) is 1. The molecule has 92 valence electrons. The van der Waals surface area contributed by atoms with Gasteiger partial charge in [-0.15, -0.1) is 0 Å². The van der Waals surface area contributed by atoms with Gasteiger partial charge in [0.2, 0.25) is 5.91 Å². The van der Waals surface area contributed by atoms with Crippen molar-refractivity contribution in [1.82, 2.24) is 10.2 Å². The maximum atomic E-state index is 11.8. The molecule has 0 aromatic heterocycles. The predicted molar refractivity (Wildman–Crippen MR) is 66.0 cm³/mol. The predicted octanol–water partition coefficient (Wildman–Crippen LogP) is 0.349. The van der Waals surface area contributed by atoms with E-state index in [4.69, 9.17) is 5.73 Å². The molecule has 1 unspecified atom stereocenters. The normalized spacial score (nSPS) is 21.8. The first-order valence-corrected chi connectivity index (χ1v) is 5.98. The smallest absolute Gasteiger partial charge is 0.224 e. The summed E-state index contributed by atoms with van der Waals surface area (Å²) in [5.41, 5.74) is 6.52. The zero-order chi connectivity index (χ0) is 12.0. The zero-order valence-corrected chi connectivity index (χ0v) is 10.2. The minimum Gasteiger partial charge on any atom is -0.355 e. The van der Waals surface area contributed by atoms with Gasteiger partial charge in [-0.1, -0.05) is 12.2 Å². The molecule has 0 aliphatic carbocycles. The molecule has 0 aromatic carbocycles. The number of hydrogen-bond acceptors (Lipinski definition) is 3. The summed E-state index contributed by atoms with van der Waals surface area (Å²) in [6.45, 7) is 9.85. The first-order chi connectivity index (χ1) is 7.63. The Bertz CT molecular complexity index is 253. The van der Waals surface area contributed by atoms with Gasteiger partial charge in [-0.05, 0) is 26.3 Å². The maximum absolute atomic E-state index is 11.8. The van der Waals surface area contributed by atoms with Gasteiger partial charge in [0, 0.05) is 26.2 Å². The van der Waals surface area contributed by atoms with Crippen LogP contribution in [-0.2, 0) is 4.79 Å². The summed E-state index contributed by atoms with van der Waals surface area (Å²) in [4.78, 5) is 14.1. The SMILES string of the molecule is C=C(C)CN1CCCC(C(=O)NCCN)C1. The highest BCUT2D eigenvalue weighted by atomic mass is 16.1. The fourth-order valence-corrected chi connectivity index (χ4v) is 2.13. The molecule has 1 amide bonds. The van der Waals surface area contributed by atoms with E-state index in [0.29, 0.717) is 13.1 Å². The molecule has 4 nitrogen and oxygen atoms in total. The lowest BCUT2D eigenvalue weighted by Gasteiger charge is -2.32. The lowest BCUT2D eigenvalue weighted by Crippen LogP contribution is -2.44. The molecule has 1 heterocycles. The van der Waals surface area contributed by atoms with E-state index >= 15 is 0 Å². The quantitative estimate of drug-likeness (QED) is 0.664. The topological polar surface area (TPSA) is 58.4 Å². The molecule has 0 saturated carbocycles. The fourth-order valence-electron chi connectivity index (χ4n) is 2.13. The van der Waals surface area contributed by atoms with Crippen LogP contribution in [0.2, 0.25) is 0 Å². The minimum atomic E-state index is 0.125. The Hall–Kier alpha value is -0.870. The van der Waals surface area contributed by atoms with E-state index < -0.39 is 0 Å². The van der Waals surface area contributed by atoms with Crippen molar-refractivity contribution in [3.63, 3.8) is 0 Å². The molecule has 0 aromatic rings. The van der Waals surface area contributed by atoms with Crippen LogP contribution in [0.5, 0.6) is 0 Å². The van der Waals surface area contributed by atoms with E-state index in [1.807, 2.05) is 6.92 Å². The lowest BCUT2D eigenvalue weighted by molar-refractivity contribution is -0.126. The standard InChI is InChI=1S/C12H23N3O/c1-10(2)8-15-7-3-4-11(9-15)12(16)14-6-5-13/h11H,1,3-9,13H2,2H3,(H,14,16). The van der Waals surface area contributed by atoms with Crippen LogP contribution in [0.1, 0.15) is 19.8 Å². The molecule has 1 saturated heterocycles. The van der Waals surface area contributed by atoms with Crippen LogP contribution in [0.25, 0.3) is 0 Å². The van der Waals surface area contributed by atoms with Gasteiger partial charge in [-0.2, -0.15) is 0 Å². The van der Waals surface area contributed by atoms with Gasteiger partial charge < -0.3 is 11.1 Å². The monoisotopic (exact) mass is 225 g/mol. The Balaban J connectivity index is 2.37. The molecule has 1 fully saturated rings. The van der Waals surface area contributed by atoms with Crippen molar-refractivity contribution in [3.8, 4) is 0 Å². The largest absolute Gasteiger partial charge is 0.355 e. The van der Waals surface area contributed by atoms with Gasteiger partial charge >= 0.3 is 0 Å². The van der Waals surface area contributed by atoms with Gasteiger partial charge in [-0.3, -0.25) is 9.69 Å². The molecular formula is C12H23N3O. The highest BCUT2D eigenvalue weighted by Crippen LogP contribution is 2.17. The van der Waals surface area contributed by atoms with Crippen LogP contribution < -0.4 is 11.1 Å². The van der Waals surface area contributed by atoms with E-state index in [-0.39, 0.29) is 11.8 Å². The number of rotatable bonds is 5. The molecule has 4 heteroatoms. The molecular weight excluding hydrogens is 202 g/mol. The number of piperidine rings is 1. The molecule has 0 spiro atoms. The van der Waals surface area contributed by atoms with Crippen LogP contribution in [0.15, 0.2) is 12.2 Å². The molecule has 1 rings (SSSR count). The first-order valence-electron chi connectivity index (χ1n) is 5.98. The molecule has 1 atom stereocenters. The van der Waals surface area contributed by atoms with Gasteiger partial charge in [0.15, 0.2) is 0 Å². The van der Waals surface area contributed by atoms with Crippen LogP contribution in [0, 0.1) is 5.92 Å². The highest BCUT2D eigenvalue weighted by molar-refractivity contribution is 5.78. The van der Waals surface area contributed by atoms with E-state index in [2.05, 4.69) is 16.8 Å². The summed E-state index contributed by atoms with van der Waals surface area (Å²) >= 11 is 0. The lowest BCUT2D eigenvalue weighted by atomic mass is 9.97. The summed E-state index contributed by atoms with van der Waals surface area (Å²) in [5, 5.41) is 2.86. The van der Waals surface area contributed by atoms with Crippen molar-refractivity contribution >= 4 is 5.91 Å². The number of nitrogens with one attached hydrogen (secondary N) is 1. The number of carbonyl (C=O) groups excluding carboxylic acids is 1. The molecule has 16 heavy (non-hydrogen) atoms. The average molecular weight is 225 g/mol. The Morgan fingerprint density at radius 3 is 3.00 bits per heavy atom. The van der Waals surface area contributed by atoms with E-state index in [1.165, 1.54) is 0 Å². The van der Waals surface area contributed by atoms with Gasteiger partial charge in [0.05, 0.1) is 5.92 Å². The van der Waals surface area contributed by atoms with Gasteiger partial charge in [-0.25, -0.2) is 0 Å². The fraction of sp³-hybridized carbons (Fsp3) is 0.750. The average Bonchev–Trinajstić information content (AvgIpc) is 2.25. The van der Waals surface area contributed by atoms with Gasteiger partial charge in [0.1, 0.15) is 0 Å². The Morgan fingerprint density at radius 2 is 2.38 bits per heavy atom. The second-order valence-corrected chi connectivity index (χ2v) is 4.61. The third-order valence-electron chi connectivity index (χ3n) is 2.81. The summed E-state index contributed by atoms with van der Waals surface area (Å²) < 4.78 is 0. The maximum Gasteiger partial charge on any atom is 0.224 e. The number of hydrogen-bond donors (Lipinski definition) is 2. The first kappa shape index (κ1) is 13.2. The van der Waals surface area contributed by atoms with Crippen molar-refractivity contribution in [1.29, 1.82) is 0 Å². The summed E-state index contributed by atoms with van der Waals surface area (Å²) in [6.07, 6.45) is 2.08. The highest BCUT2D eigenvalue weighted by Gasteiger charge is 2.25. The summed E-state index contributed by atoms with van der Waals surface area (Å²) in [6, 6.07) is 0. The Kier molecular flexibility index (Phi) is 5.49. The molecule has 3 N–H and O–H groups in total. The minimum absolute atomic E-state index is 0.125. The van der Waals surface area contributed by atoms with Crippen molar-refractivity contribution in [2.45, 2.75) is 19.8 Å². The zero-order valence-electron chi connectivity index (χ0n) is 10.2. The number of amides is 1. The second-order valence-electron chi connectivity index (χ2n) is 4.61. The third kappa shape index (κ3) is 4.33. The molecule has 1 aliphatic heterocycles. The Morgan fingerprint density at radius 1 is 1.62 bits per heavy atom. The van der Waals surface area contributed by atoms with Crippen LogP contribution in [-0.4, -0.2) is 43.5 Å². The van der Waals surface area contributed by atoms with E-state index in [1.54, 1.807) is 0 Å². The summed E-state index contributed by atoms with van der Waals surface area (Å²) in [7, 11) is 0. The second kappa shape index (κ2) is 6.66. The van der Waals surface area contributed by atoms with Crippen molar-refractivity contribution in [2.24, 2.45) is 11.7 Å². The third-order valence-corrected chi connectivity index (χ3v) is 2.81. The molecule has 0 radical (unpaired) electrons. The van der Waals surface area contributed by atoms with E-state index in [9.17, 15) is 4.79 Å². The van der Waals surface area contributed by atoms with Crippen LogP contribution >= 0.6 is 0 Å². The van der Waals surface area contributed by atoms with E-state index in [0.717, 1.165) is 38.0 Å². The van der Waals surface area contributed by atoms with Gasteiger partial charge in [0.25, 0.3) is 0 Å².